The molecule has 3 rings (SSSR count). The lowest BCUT2D eigenvalue weighted by Gasteiger charge is -2.25. The number of aromatic nitrogens is 1. The van der Waals surface area contributed by atoms with E-state index in [9.17, 15) is 0 Å². The predicted octanol–water partition coefficient (Wildman–Crippen LogP) is 3.91. The van der Waals surface area contributed by atoms with Gasteiger partial charge in [0.05, 0.1) is 0 Å². The number of pyridine rings is 1. The summed E-state index contributed by atoms with van der Waals surface area (Å²) >= 11 is 0. The molecule has 128 valence electrons. The number of likely N-dealkylation sites (tertiary alicyclic amines) is 1. The topological polar surface area (TPSA) is 19.4 Å². The van der Waals surface area contributed by atoms with Crippen molar-refractivity contribution < 1.29 is 0 Å². The SMILES string of the molecule is CC(CN(C)Cc1ccc(-c2cccnc2)cc1)CN1CCCC1. The van der Waals surface area contributed by atoms with Crippen molar-refractivity contribution in [2.24, 2.45) is 5.92 Å². The first-order chi connectivity index (χ1) is 11.7. The normalized spacial score (nSPS) is 16.6. The summed E-state index contributed by atoms with van der Waals surface area (Å²) in [7, 11) is 2.23. The molecule has 0 N–H and O–H groups in total. The molecule has 0 saturated carbocycles. The molecule has 0 radical (unpaired) electrons. The van der Waals surface area contributed by atoms with Crippen LogP contribution in [-0.4, -0.2) is 48.0 Å². The molecule has 0 amide bonds. The van der Waals surface area contributed by atoms with E-state index in [4.69, 9.17) is 0 Å². The van der Waals surface area contributed by atoms with Crippen LogP contribution >= 0.6 is 0 Å². The molecule has 3 heteroatoms. The first-order valence-electron chi connectivity index (χ1n) is 9.11. The van der Waals surface area contributed by atoms with E-state index in [1.807, 2.05) is 18.5 Å². The van der Waals surface area contributed by atoms with E-state index >= 15 is 0 Å². The third-order valence-electron chi connectivity index (χ3n) is 4.79. The molecule has 0 aliphatic carbocycles. The van der Waals surface area contributed by atoms with Gasteiger partial charge in [0.1, 0.15) is 0 Å². The van der Waals surface area contributed by atoms with Gasteiger partial charge in [-0.05, 0) is 61.7 Å². The number of hydrogen-bond donors (Lipinski definition) is 0. The zero-order chi connectivity index (χ0) is 16.8. The molecule has 24 heavy (non-hydrogen) atoms. The Kier molecular flexibility index (Phi) is 6.00. The van der Waals surface area contributed by atoms with Crippen LogP contribution in [-0.2, 0) is 6.54 Å². The molecule has 1 aromatic carbocycles. The molecule has 1 saturated heterocycles. The van der Waals surface area contributed by atoms with E-state index in [0.717, 1.165) is 19.0 Å². The van der Waals surface area contributed by atoms with Gasteiger partial charge in [-0.3, -0.25) is 4.98 Å². The first-order valence-corrected chi connectivity index (χ1v) is 9.11. The monoisotopic (exact) mass is 323 g/mol. The summed E-state index contributed by atoms with van der Waals surface area (Å²) in [6.07, 6.45) is 6.50. The van der Waals surface area contributed by atoms with E-state index in [0.29, 0.717) is 0 Å². The molecule has 1 fully saturated rings. The first kappa shape index (κ1) is 17.1. The second-order valence-electron chi connectivity index (χ2n) is 7.25. The van der Waals surface area contributed by atoms with Crippen molar-refractivity contribution in [1.82, 2.24) is 14.8 Å². The summed E-state index contributed by atoms with van der Waals surface area (Å²) in [5, 5.41) is 0. The largest absolute Gasteiger partial charge is 0.303 e. The van der Waals surface area contributed by atoms with Crippen molar-refractivity contribution in [3.63, 3.8) is 0 Å². The number of nitrogens with zero attached hydrogens (tertiary/aromatic N) is 3. The maximum absolute atomic E-state index is 4.19. The van der Waals surface area contributed by atoms with Crippen molar-refractivity contribution in [1.29, 1.82) is 0 Å². The Morgan fingerprint density at radius 2 is 1.83 bits per heavy atom. The van der Waals surface area contributed by atoms with Gasteiger partial charge in [0.25, 0.3) is 0 Å². The van der Waals surface area contributed by atoms with Gasteiger partial charge >= 0.3 is 0 Å². The van der Waals surface area contributed by atoms with E-state index < -0.39 is 0 Å². The lowest BCUT2D eigenvalue weighted by Crippen LogP contribution is -2.32. The fraction of sp³-hybridized carbons (Fsp3) is 0.476. The Morgan fingerprint density at radius 3 is 2.50 bits per heavy atom. The minimum atomic E-state index is 0.725. The van der Waals surface area contributed by atoms with Gasteiger partial charge in [0.15, 0.2) is 0 Å². The minimum absolute atomic E-state index is 0.725. The summed E-state index contributed by atoms with van der Waals surface area (Å²) in [6, 6.07) is 13.0. The highest BCUT2D eigenvalue weighted by molar-refractivity contribution is 5.62. The van der Waals surface area contributed by atoms with Crippen LogP contribution in [0.5, 0.6) is 0 Å². The Bertz CT molecular complexity index is 603. The van der Waals surface area contributed by atoms with Crippen LogP contribution in [0.15, 0.2) is 48.8 Å². The maximum atomic E-state index is 4.19. The summed E-state index contributed by atoms with van der Waals surface area (Å²) in [5.41, 5.74) is 3.78. The number of hydrogen-bond acceptors (Lipinski definition) is 3. The summed E-state index contributed by atoms with van der Waals surface area (Å²) in [4.78, 5) is 9.25. The second-order valence-corrected chi connectivity index (χ2v) is 7.25. The number of benzene rings is 1. The fourth-order valence-electron chi connectivity index (χ4n) is 3.71. The van der Waals surface area contributed by atoms with Gasteiger partial charge < -0.3 is 9.80 Å². The van der Waals surface area contributed by atoms with Crippen molar-refractivity contribution in [3.8, 4) is 11.1 Å². The molecule has 2 aromatic rings. The van der Waals surface area contributed by atoms with Gasteiger partial charge in [-0.2, -0.15) is 0 Å². The van der Waals surface area contributed by atoms with Crippen molar-refractivity contribution in [2.75, 3.05) is 33.2 Å². The molecule has 1 aliphatic heterocycles. The minimum Gasteiger partial charge on any atom is -0.303 e. The molecule has 1 aliphatic rings. The van der Waals surface area contributed by atoms with Crippen molar-refractivity contribution >= 4 is 0 Å². The Morgan fingerprint density at radius 1 is 1.08 bits per heavy atom. The molecular weight excluding hydrogens is 294 g/mol. The van der Waals surface area contributed by atoms with Gasteiger partial charge in [0, 0.05) is 32.0 Å². The van der Waals surface area contributed by atoms with Crippen LogP contribution in [0.25, 0.3) is 11.1 Å². The van der Waals surface area contributed by atoms with Gasteiger partial charge in [-0.25, -0.2) is 0 Å². The van der Waals surface area contributed by atoms with Crippen molar-refractivity contribution in [2.45, 2.75) is 26.3 Å². The van der Waals surface area contributed by atoms with Crippen LogP contribution in [0, 0.1) is 5.92 Å². The van der Waals surface area contributed by atoms with Gasteiger partial charge in [-0.15, -0.1) is 0 Å². The van der Waals surface area contributed by atoms with E-state index in [2.05, 4.69) is 59.1 Å². The summed E-state index contributed by atoms with van der Waals surface area (Å²) < 4.78 is 0. The molecule has 1 atom stereocenters. The Balaban J connectivity index is 1.49. The zero-order valence-electron chi connectivity index (χ0n) is 15.0. The highest BCUT2D eigenvalue weighted by Gasteiger charge is 2.15. The molecule has 1 aromatic heterocycles. The average molecular weight is 323 g/mol. The van der Waals surface area contributed by atoms with Gasteiger partial charge in [0.2, 0.25) is 0 Å². The van der Waals surface area contributed by atoms with E-state index in [1.54, 1.807) is 0 Å². The maximum Gasteiger partial charge on any atom is 0.0346 e. The smallest absolute Gasteiger partial charge is 0.0346 e. The standard InChI is InChI=1S/C21H29N3/c1-18(16-24-12-3-4-13-24)15-23(2)17-19-7-9-20(10-8-19)21-6-5-11-22-14-21/h5-11,14,18H,3-4,12-13,15-17H2,1-2H3. The molecular formula is C21H29N3. The lowest BCUT2D eigenvalue weighted by atomic mass is 10.1. The highest BCUT2D eigenvalue weighted by atomic mass is 15.2. The van der Waals surface area contributed by atoms with Crippen LogP contribution in [0.3, 0.4) is 0 Å². The molecule has 3 nitrogen and oxygen atoms in total. The van der Waals surface area contributed by atoms with Gasteiger partial charge in [-0.1, -0.05) is 37.3 Å². The Hall–Kier alpha value is -1.71. The van der Waals surface area contributed by atoms with Crippen LogP contribution in [0.2, 0.25) is 0 Å². The predicted molar refractivity (Wildman–Crippen MR) is 101 cm³/mol. The molecule has 2 heterocycles. The average Bonchev–Trinajstić information content (AvgIpc) is 3.09. The zero-order valence-corrected chi connectivity index (χ0v) is 15.0. The Labute approximate surface area is 146 Å². The number of rotatable bonds is 7. The van der Waals surface area contributed by atoms with E-state index in [-0.39, 0.29) is 0 Å². The quantitative estimate of drug-likeness (QED) is 0.770. The second kappa shape index (κ2) is 8.41. The molecule has 0 bridgehead atoms. The highest BCUT2D eigenvalue weighted by Crippen LogP contribution is 2.19. The molecule has 1 unspecified atom stereocenters. The molecule has 0 spiro atoms. The van der Waals surface area contributed by atoms with Crippen LogP contribution < -0.4 is 0 Å². The van der Waals surface area contributed by atoms with Crippen molar-refractivity contribution in [3.05, 3.63) is 54.4 Å². The van der Waals surface area contributed by atoms with E-state index in [1.165, 1.54) is 49.2 Å². The van der Waals surface area contributed by atoms with Crippen LogP contribution in [0.1, 0.15) is 25.3 Å². The fourth-order valence-corrected chi connectivity index (χ4v) is 3.71. The third-order valence-corrected chi connectivity index (χ3v) is 4.79. The third kappa shape index (κ3) is 4.89. The summed E-state index contributed by atoms with van der Waals surface area (Å²) in [6.45, 7) is 8.37. The lowest BCUT2D eigenvalue weighted by molar-refractivity contribution is 0.221. The summed E-state index contributed by atoms with van der Waals surface area (Å²) in [5.74, 6) is 0.725. The van der Waals surface area contributed by atoms with Crippen LogP contribution in [0.4, 0.5) is 0 Å².